The minimum atomic E-state index is -0.0146. The molecule has 0 spiro atoms. The summed E-state index contributed by atoms with van der Waals surface area (Å²) in [6.07, 6.45) is 1.54. The van der Waals surface area contributed by atoms with Gasteiger partial charge < -0.3 is 14.5 Å². The third-order valence-electron chi connectivity index (χ3n) is 5.22. The summed E-state index contributed by atoms with van der Waals surface area (Å²) in [5.41, 5.74) is 3.91. The molecular weight excluding hydrogens is 400 g/mol. The fourth-order valence-corrected chi connectivity index (χ4v) is 3.50. The Labute approximate surface area is 188 Å². The summed E-state index contributed by atoms with van der Waals surface area (Å²) < 4.78 is 11.3. The Hall–Kier alpha value is -3.86. The Balaban J connectivity index is 1.37. The molecule has 1 heterocycles. The van der Waals surface area contributed by atoms with Crippen LogP contribution in [-0.2, 0) is 17.6 Å². The van der Waals surface area contributed by atoms with E-state index in [-0.39, 0.29) is 5.91 Å². The third-order valence-corrected chi connectivity index (χ3v) is 5.22. The van der Waals surface area contributed by atoms with Crippen LogP contribution in [0.3, 0.4) is 0 Å². The summed E-state index contributed by atoms with van der Waals surface area (Å²) in [7, 11) is 1.65. The zero-order valence-electron chi connectivity index (χ0n) is 18.1. The van der Waals surface area contributed by atoms with Crippen LogP contribution >= 0.6 is 0 Å². The Morgan fingerprint density at radius 1 is 0.875 bits per heavy atom. The number of hydrogen-bond acceptors (Lipinski definition) is 4. The number of benzene rings is 3. The molecule has 1 aromatic heterocycles. The molecule has 0 radical (unpaired) electrons. The lowest BCUT2D eigenvalue weighted by Crippen LogP contribution is -2.25. The maximum absolute atomic E-state index is 12.3. The summed E-state index contributed by atoms with van der Waals surface area (Å²) in [6.45, 7) is 0.585. The molecule has 0 aliphatic carbocycles. The molecule has 0 bridgehead atoms. The number of rotatable bonds is 9. The average molecular weight is 427 g/mol. The summed E-state index contributed by atoms with van der Waals surface area (Å²) in [6, 6.07) is 27.8. The van der Waals surface area contributed by atoms with Gasteiger partial charge in [0.25, 0.3) is 0 Å². The first-order valence-electron chi connectivity index (χ1n) is 10.7. The number of nitrogens with one attached hydrogen (secondary N) is 1. The number of carbonyl (C=O) groups is 1. The maximum atomic E-state index is 12.3. The van der Waals surface area contributed by atoms with Gasteiger partial charge in [0.15, 0.2) is 11.7 Å². The molecule has 162 valence electrons. The van der Waals surface area contributed by atoms with Gasteiger partial charge in [0.2, 0.25) is 5.91 Å². The quantitative estimate of drug-likeness (QED) is 0.394. The lowest BCUT2D eigenvalue weighted by Gasteiger charge is -2.05. The minimum absolute atomic E-state index is 0.0146. The van der Waals surface area contributed by atoms with Crippen molar-refractivity contribution in [2.45, 2.75) is 19.3 Å². The van der Waals surface area contributed by atoms with Crippen LogP contribution in [0.4, 0.5) is 0 Å². The van der Waals surface area contributed by atoms with Crippen LogP contribution in [0.15, 0.2) is 89.3 Å². The Bertz CT molecular complexity index is 1080. The van der Waals surface area contributed by atoms with E-state index in [1.54, 1.807) is 7.11 Å². The summed E-state index contributed by atoms with van der Waals surface area (Å²) in [4.78, 5) is 17.1. The fraction of sp³-hybridized carbons (Fsp3) is 0.185. The molecule has 3 aromatic carbocycles. The molecule has 0 aliphatic heterocycles. The van der Waals surface area contributed by atoms with E-state index in [9.17, 15) is 4.79 Å². The van der Waals surface area contributed by atoms with E-state index in [2.05, 4.69) is 5.32 Å². The molecule has 0 saturated heterocycles. The molecule has 0 aliphatic rings. The molecule has 4 rings (SSSR count). The van der Waals surface area contributed by atoms with Gasteiger partial charge in [0, 0.05) is 30.5 Å². The Morgan fingerprint density at radius 2 is 1.53 bits per heavy atom. The van der Waals surface area contributed by atoms with Crippen LogP contribution in [0.25, 0.3) is 22.6 Å². The second-order valence-corrected chi connectivity index (χ2v) is 7.47. The summed E-state index contributed by atoms with van der Waals surface area (Å²) in [5, 5.41) is 2.98. The van der Waals surface area contributed by atoms with Crippen molar-refractivity contribution in [3.63, 3.8) is 0 Å². The van der Waals surface area contributed by atoms with Gasteiger partial charge in [-0.05, 0) is 24.1 Å². The smallest absolute Gasteiger partial charge is 0.220 e. The number of methoxy groups -OCH3 is 1. The van der Waals surface area contributed by atoms with Crippen LogP contribution in [0.1, 0.15) is 17.9 Å². The zero-order valence-corrected chi connectivity index (χ0v) is 18.1. The number of aryl methyl sites for hydroxylation is 1. The van der Waals surface area contributed by atoms with E-state index < -0.39 is 0 Å². The van der Waals surface area contributed by atoms with Crippen LogP contribution in [-0.4, -0.2) is 24.5 Å². The van der Waals surface area contributed by atoms with Crippen molar-refractivity contribution in [2.24, 2.45) is 0 Å². The minimum Gasteiger partial charge on any atom is -0.497 e. The maximum Gasteiger partial charge on any atom is 0.220 e. The molecular formula is C27H26N2O3. The molecule has 4 aromatic rings. The van der Waals surface area contributed by atoms with Crippen LogP contribution in [0, 0.1) is 0 Å². The monoisotopic (exact) mass is 426 g/mol. The highest BCUT2D eigenvalue weighted by atomic mass is 16.5. The molecule has 32 heavy (non-hydrogen) atoms. The average Bonchev–Trinajstić information content (AvgIpc) is 3.29. The second kappa shape index (κ2) is 10.4. The number of amides is 1. The highest BCUT2D eigenvalue weighted by Crippen LogP contribution is 2.32. The number of hydrogen-bond donors (Lipinski definition) is 1. The largest absolute Gasteiger partial charge is 0.497 e. The van der Waals surface area contributed by atoms with Gasteiger partial charge in [-0.1, -0.05) is 72.8 Å². The molecule has 0 saturated carbocycles. The van der Waals surface area contributed by atoms with Crippen molar-refractivity contribution in [1.29, 1.82) is 0 Å². The van der Waals surface area contributed by atoms with E-state index >= 15 is 0 Å². The molecule has 5 nitrogen and oxygen atoms in total. The first-order chi connectivity index (χ1) is 15.7. The van der Waals surface area contributed by atoms with Gasteiger partial charge in [0.05, 0.1) is 7.11 Å². The molecule has 5 heteroatoms. The van der Waals surface area contributed by atoms with Gasteiger partial charge in [0.1, 0.15) is 11.4 Å². The number of aromatic nitrogens is 1. The lowest BCUT2D eigenvalue weighted by molar-refractivity contribution is -0.121. The second-order valence-electron chi connectivity index (χ2n) is 7.47. The Morgan fingerprint density at radius 3 is 2.19 bits per heavy atom. The van der Waals surface area contributed by atoms with E-state index in [1.165, 1.54) is 0 Å². The van der Waals surface area contributed by atoms with E-state index in [0.29, 0.717) is 25.3 Å². The van der Waals surface area contributed by atoms with Gasteiger partial charge in [-0.15, -0.1) is 0 Å². The van der Waals surface area contributed by atoms with Crippen molar-refractivity contribution in [2.75, 3.05) is 13.7 Å². The molecule has 0 atom stereocenters. The van der Waals surface area contributed by atoms with E-state index in [4.69, 9.17) is 14.1 Å². The number of oxazole rings is 1. The predicted molar refractivity (Wildman–Crippen MR) is 125 cm³/mol. The standard InChI is InChI=1S/C27H26N2O3/c1-31-23-14-12-20(13-15-23)18-19-28-24(30)16-17-25-29-26(21-8-4-2-5-9-21)27(32-25)22-10-6-3-7-11-22/h2-15H,16-19H2,1H3,(H,28,30). The van der Waals surface area contributed by atoms with Gasteiger partial charge in [-0.3, -0.25) is 4.79 Å². The summed E-state index contributed by atoms with van der Waals surface area (Å²) >= 11 is 0. The lowest BCUT2D eigenvalue weighted by atomic mass is 10.1. The normalized spacial score (nSPS) is 10.7. The van der Waals surface area contributed by atoms with Crippen molar-refractivity contribution >= 4 is 5.91 Å². The zero-order chi connectivity index (χ0) is 22.2. The number of nitrogens with zero attached hydrogens (tertiary/aromatic N) is 1. The van der Waals surface area contributed by atoms with Crippen LogP contribution in [0.2, 0.25) is 0 Å². The summed E-state index contributed by atoms with van der Waals surface area (Å²) in [5.74, 6) is 2.10. The highest BCUT2D eigenvalue weighted by Gasteiger charge is 2.17. The molecule has 0 fully saturated rings. The third kappa shape index (κ3) is 5.43. The van der Waals surface area contributed by atoms with Gasteiger partial charge in [-0.25, -0.2) is 4.98 Å². The fourth-order valence-electron chi connectivity index (χ4n) is 3.50. The van der Waals surface area contributed by atoms with Crippen LogP contribution < -0.4 is 10.1 Å². The molecule has 1 amide bonds. The predicted octanol–water partition coefficient (Wildman–Crippen LogP) is 5.31. The van der Waals surface area contributed by atoms with Gasteiger partial charge >= 0.3 is 0 Å². The van der Waals surface area contributed by atoms with Crippen molar-refractivity contribution in [1.82, 2.24) is 10.3 Å². The Kier molecular flexibility index (Phi) is 6.98. The number of ether oxygens (including phenoxy) is 1. The molecule has 0 unspecified atom stereocenters. The van der Waals surface area contributed by atoms with Crippen LogP contribution in [0.5, 0.6) is 5.75 Å². The first kappa shape index (κ1) is 21.4. The highest BCUT2D eigenvalue weighted by molar-refractivity contribution is 5.77. The van der Waals surface area contributed by atoms with Gasteiger partial charge in [-0.2, -0.15) is 0 Å². The number of carbonyl (C=O) groups excluding carboxylic acids is 1. The van der Waals surface area contributed by atoms with E-state index in [0.717, 1.165) is 40.3 Å². The van der Waals surface area contributed by atoms with Crippen molar-refractivity contribution < 1.29 is 13.9 Å². The SMILES string of the molecule is COc1ccc(CCNC(=O)CCc2nc(-c3ccccc3)c(-c3ccccc3)o2)cc1. The van der Waals surface area contributed by atoms with E-state index in [1.807, 2.05) is 84.9 Å². The topological polar surface area (TPSA) is 64.4 Å². The van der Waals surface area contributed by atoms with Crippen molar-refractivity contribution in [3.05, 3.63) is 96.4 Å². The molecule has 1 N–H and O–H groups in total. The van der Waals surface area contributed by atoms with Crippen molar-refractivity contribution in [3.8, 4) is 28.3 Å². The first-order valence-corrected chi connectivity index (χ1v) is 10.7.